The monoisotopic (exact) mass is 202 g/mol. The molecule has 4 heteroatoms. The summed E-state index contributed by atoms with van der Waals surface area (Å²) in [6, 6.07) is 9.71. The fourth-order valence-electron chi connectivity index (χ4n) is 0.865. The quantitative estimate of drug-likeness (QED) is 0.665. The van der Waals surface area contributed by atoms with Crippen molar-refractivity contribution >= 4 is 0 Å². The molecular formula is C9H11ClO3. The lowest BCUT2D eigenvalue weighted by Crippen LogP contribution is -2.16. The summed E-state index contributed by atoms with van der Waals surface area (Å²) in [7, 11) is 0. The van der Waals surface area contributed by atoms with Crippen LogP contribution in [0.3, 0.4) is 0 Å². The van der Waals surface area contributed by atoms with Crippen LogP contribution < -0.4 is 4.66 Å². The molecule has 3 nitrogen and oxygen atoms in total. The molecule has 1 atom stereocenters. The van der Waals surface area contributed by atoms with Gasteiger partial charge in [-0.2, -0.15) is 0 Å². The molecule has 1 aromatic carbocycles. The van der Waals surface area contributed by atoms with E-state index in [4.69, 9.17) is 4.74 Å². The maximum atomic E-state index is 9.91. The highest BCUT2D eigenvalue weighted by atomic mass is 35.6. The van der Waals surface area contributed by atoms with Crippen LogP contribution in [0, 0.1) is 11.3 Å². The first-order chi connectivity index (χ1) is 6.33. The van der Waals surface area contributed by atoms with Crippen molar-refractivity contribution in [3.8, 4) is 0 Å². The van der Waals surface area contributed by atoms with Gasteiger partial charge < -0.3 is 9.40 Å². The SMILES string of the molecule is CC(OCc1ccccc1)O[Cl+][O-]. The molecule has 72 valence electrons. The first-order valence-corrected chi connectivity index (χ1v) is 4.53. The van der Waals surface area contributed by atoms with Gasteiger partial charge in [0.2, 0.25) is 6.29 Å². The lowest BCUT2D eigenvalue weighted by Gasteiger charge is -2.06. The van der Waals surface area contributed by atoms with Gasteiger partial charge in [0, 0.05) is 0 Å². The summed E-state index contributed by atoms with van der Waals surface area (Å²) in [6.45, 7) is 2.13. The summed E-state index contributed by atoms with van der Waals surface area (Å²) in [5, 5.41) is 0. The Balaban J connectivity index is 2.27. The van der Waals surface area contributed by atoms with Crippen molar-refractivity contribution in [2.75, 3.05) is 0 Å². The molecule has 0 saturated carbocycles. The van der Waals surface area contributed by atoms with Crippen molar-refractivity contribution in [2.24, 2.45) is 0 Å². The Hall–Kier alpha value is -0.610. The minimum absolute atomic E-state index is 0.452. The van der Waals surface area contributed by atoms with Gasteiger partial charge in [0.05, 0.1) is 6.61 Å². The van der Waals surface area contributed by atoms with E-state index in [0.29, 0.717) is 17.9 Å². The van der Waals surface area contributed by atoms with Crippen molar-refractivity contribution in [1.82, 2.24) is 0 Å². The predicted octanol–water partition coefficient (Wildman–Crippen LogP) is 0.841. The topological polar surface area (TPSA) is 41.5 Å². The average Bonchev–Trinajstić information content (AvgIpc) is 2.17. The number of rotatable bonds is 5. The Kier molecular flexibility index (Phi) is 4.78. The van der Waals surface area contributed by atoms with Crippen molar-refractivity contribution in [3.63, 3.8) is 0 Å². The van der Waals surface area contributed by atoms with E-state index in [1.165, 1.54) is 0 Å². The fraction of sp³-hybridized carbons (Fsp3) is 0.333. The highest BCUT2D eigenvalue weighted by Crippen LogP contribution is 2.03. The minimum Gasteiger partial charge on any atom is -0.506 e. The van der Waals surface area contributed by atoms with Crippen LogP contribution in [0.1, 0.15) is 12.5 Å². The molecule has 0 aromatic heterocycles. The van der Waals surface area contributed by atoms with Crippen molar-refractivity contribution < 1.29 is 25.0 Å². The van der Waals surface area contributed by atoms with Crippen LogP contribution >= 0.6 is 0 Å². The molecule has 0 amide bonds. The zero-order valence-corrected chi connectivity index (χ0v) is 8.03. The molecule has 0 spiro atoms. The molecule has 0 heterocycles. The molecule has 0 aliphatic carbocycles. The third-order valence-corrected chi connectivity index (χ3v) is 1.81. The van der Waals surface area contributed by atoms with Crippen LogP contribution in [0.25, 0.3) is 0 Å². The second kappa shape index (κ2) is 5.94. The van der Waals surface area contributed by atoms with E-state index in [1.54, 1.807) is 6.92 Å². The lowest BCUT2D eigenvalue weighted by molar-refractivity contribution is -1.27. The Labute approximate surface area is 81.4 Å². The van der Waals surface area contributed by atoms with Crippen molar-refractivity contribution in [2.45, 2.75) is 19.8 Å². The number of halogens is 1. The molecular weight excluding hydrogens is 192 g/mol. The summed E-state index contributed by atoms with van der Waals surface area (Å²) in [4.78, 5) is 0. The zero-order valence-electron chi connectivity index (χ0n) is 7.27. The van der Waals surface area contributed by atoms with Crippen LogP contribution in [0.5, 0.6) is 0 Å². The van der Waals surface area contributed by atoms with Gasteiger partial charge in [-0.25, -0.2) is 0 Å². The third-order valence-electron chi connectivity index (χ3n) is 1.49. The molecule has 0 radical (unpaired) electrons. The second-order valence-electron chi connectivity index (χ2n) is 2.52. The maximum Gasteiger partial charge on any atom is 0.333 e. The number of hydrogen-bond donors (Lipinski definition) is 0. The first kappa shape index (κ1) is 10.5. The van der Waals surface area contributed by atoms with Crippen LogP contribution in [0.15, 0.2) is 30.3 Å². The molecule has 0 N–H and O–H groups in total. The minimum atomic E-state index is -0.494. The van der Waals surface area contributed by atoms with Crippen LogP contribution in [0.4, 0.5) is 0 Å². The van der Waals surface area contributed by atoms with E-state index >= 15 is 0 Å². The van der Waals surface area contributed by atoms with Crippen molar-refractivity contribution in [1.29, 1.82) is 0 Å². The van der Waals surface area contributed by atoms with Gasteiger partial charge in [0.1, 0.15) is 0 Å². The molecule has 0 fully saturated rings. The third kappa shape index (κ3) is 4.24. The highest BCUT2D eigenvalue weighted by Gasteiger charge is 2.07. The predicted molar refractivity (Wildman–Crippen MR) is 41.8 cm³/mol. The number of benzene rings is 1. The Morgan fingerprint density at radius 3 is 2.69 bits per heavy atom. The van der Waals surface area contributed by atoms with Gasteiger partial charge >= 0.3 is 11.3 Å². The lowest BCUT2D eigenvalue weighted by atomic mass is 10.2. The van der Waals surface area contributed by atoms with E-state index in [0.717, 1.165) is 5.56 Å². The first-order valence-electron chi connectivity index (χ1n) is 3.91. The van der Waals surface area contributed by atoms with Gasteiger partial charge in [0.25, 0.3) is 0 Å². The maximum absolute atomic E-state index is 9.91. The van der Waals surface area contributed by atoms with Crippen LogP contribution in [-0.2, 0) is 15.6 Å². The van der Waals surface area contributed by atoms with E-state index in [2.05, 4.69) is 4.29 Å². The van der Waals surface area contributed by atoms with Gasteiger partial charge in [-0.1, -0.05) is 34.6 Å². The summed E-state index contributed by atoms with van der Waals surface area (Å²) in [6.07, 6.45) is -0.494. The van der Waals surface area contributed by atoms with E-state index in [-0.39, 0.29) is 0 Å². The van der Waals surface area contributed by atoms with Gasteiger partial charge in [-0.05, 0) is 12.5 Å². The number of hydrogen-bond acceptors (Lipinski definition) is 3. The zero-order chi connectivity index (χ0) is 9.52. The van der Waals surface area contributed by atoms with Gasteiger partial charge in [-0.15, -0.1) is 0 Å². The molecule has 13 heavy (non-hydrogen) atoms. The fourth-order valence-corrected chi connectivity index (χ4v) is 1.02. The van der Waals surface area contributed by atoms with E-state index in [9.17, 15) is 4.66 Å². The Morgan fingerprint density at radius 1 is 1.38 bits per heavy atom. The molecule has 1 unspecified atom stereocenters. The Morgan fingerprint density at radius 2 is 2.08 bits per heavy atom. The normalized spacial score (nSPS) is 12.8. The molecule has 1 rings (SSSR count). The van der Waals surface area contributed by atoms with Gasteiger partial charge in [-0.3, -0.25) is 0 Å². The largest absolute Gasteiger partial charge is 0.506 e. The summed E-state index contributed by atoms with van der Waals surface area (Å²) in [5.41, 5.74) is 1.06. The molecule has 0 aliphatic rings. The molecule has 0 saturated heterocycles. The van der Waals surface area contributed by atoms with Crippen LogP contribution in [-0.4, -0.2) is 6.29 Å². The van der Waals surface area contributed by atoms with Crippen molar-refractivity contribution in [3.05, 3.63) is 35.9 Å². The summed E-state index contributed by atoms with van der Waals surface area (Å²) < 4.78 is 19.7. The van der Waals surface area contributed by atoms with E-state index in [1.807, 2.05) is 30.3 Å². The van der Waals surface area contributed by atoms with E-state index < -0.39 is 6.29 Å². The summed E-state index contributed by atoms with van der Waals surface area (Å²) >= 11 is 0.489. The smallest absolute Gasteiger partial charge is 0.333 e. The van der Waals surface area contributed by atoms with Crippen LogP contribution in [0.2, 0.25) is 0 Å². The molecule has 0 aliphatic heterocycles. The Bertz CT molecular complexity index is 228. The second-order valence-corrected chi connectivity index (χ2v) is 2.82. The summed E-state index contributed by atoms with van der Waals surface area (Å²) in [5.74, 6) is 0. The standard InChI is InChI=1S/C9H11ClO3/c1-8(13-10-11)12-7-9-5-3-2-4-6-9/h2-6,8H,7H2,1H3. The average molecular weight is 203 g/mol. The molecule has 0 bridgehead atoms. The highest BCUT2D eigenvalue weighted by molar-refractivity contribution is 5.13. The number of ether oxygens (including phenoxy) is 1. The van der Waals surface area contributed by atoms with Gasteiger partial charge in [0.15, 0.2) is 0 Å². The molecule has 1 aromatic rings.